The predicted octanol–water partition coefficient (Wildman–Crippen LogP) is 2.75. The van der Waals surface area contributed by atoms with Crippen LogP contribution in [0.15, 0.2) is 53.5 Å². The first kappa shape index (κ1) is 17.1. The fourth-order valence-corrected chi connectivity index (χ4v) is 2.82. The first-order chi connectivity index (χ1) is 12.3. The Morgan fingerprint density at radius 2 is 1.96 bits per heavy atom. The zero-order valence-corrected chi connectivity index (χ0v) is 14.8. The lowest BCUT2D eigenvalue weighted by molar-refractivity contribution is 0.235. The van der Waals surface area contributed by atoms with Gasteiger partial charge in [0.25, 0.3) is 0 Å². The lowest BCUT2D eigenvalue weighted by Gasteiger charge is -2.15. The molecule has 1 atom stereocenters. The highest BCUT2D eigenvalue weighted by molar-refractivity contribution is 5.79. The minimum absolute atomic E-state index is 0.141. The normalized spacial score (nSPS) is 16.1. The van der Waals surface area contributed by atoms with E-state index in [0.29, 0.717) is 6.54 Å². The topological polar surface area (TPSA) is 54.9 Å². The molecule has 1 unspecified atom stereocenters. The number of fused-ring (bicyclic) bond motifs is 1. The number of guanidine groups is 1. The average Bonchev–Trinajstić information content (AvgIpc) is 3.07. The highest BCUT2D eigenvalue weighted by Crippen LogP contribution is 2.27. The van der Waals surface area contributed by atoms with E-state index in [1.54, 1.807) is 7.11 Å². The average molecular weight is 339 g/mol. The summed E-state index contributed by atoms with van der Waals surface area (Å²) in [5.41, 5.74) is 2.41. The zero-order valence-electron chi connectivity index (χ0n) is 14.8. The van der Waals surface area contributed by atoms with Gasteiger partial charge in [-0.15, -0.1) is 0 Å². The Morgan fingerprint density at radius 1 is 1.16 bits per heavy atom. The van der Waals surface area contributed by atoms with Crippen LogP contribution in [-0.2, 0) is 13.0 Å². The van der Waals surface area contributed by atoms with Crippen molar-refractivity contribution in [3.63, 3.8) is 0 Å². The highest BCUT2D eigenvalue weighted by atomic mass is 16.5. The molecule has 5 heteroatoms. The quantitative estimate of drug-likeness (QED) is 0.628. The summed E-state index contributed by atoms with van der Waals surface area (Å²) in [6.07, 6.45) is 1.07. The summed E-state index contributed by atoms with van der Waals surface area (Å²) in [5, 5.41) is 6.66. The Balaban J connectivity index is 1.54. The van der Waals surface area contributed by atoms with Crippen LogP contribution < -0.4 is 20.1 Å². The third-order valence-electron chi connectivity index (χ3n) is 4.13. The molecule has 25 heavy (non-hydrogen) atoms. The molecule has 0 amide bonds. The molecule has 1 aliphatic heterocycles. The number of para-hydroxylation sites is 1. The van der Waals surface area contributed by atoms with Gasteiger partial charge in [-0.2, -0.15) is 0 Å². The number of rotatable bonds is 6. The van der Waals surface area contributed by atoms with E-state index in [4.69, 9.17) is 9.47 Å². The van der Waals surface area contributed by atoms with Crippen LogP contribution >= 0.6 is 0 Å². The van der Waals surface area contributed by atoms with Gasteiger partial charge < -0.3 is 20.1 Å². The lowest BCUT2D eigenvalue weighted by Crippen LogP contribution is -2.42. The van der Waals surface area contributed by atoms with Crippen molar-refractivity contribution >= 4 is 5.96 Å². The van der Waals surface area contributed by atoms with E-state index in [1.807, 2.05) is 36.4 Å². The molecule has 2 aromatic rings. The molecule has 3 rings (SSSR count). The number of hydrogen-bond donors (Lipinski definition) is 2. The summed E-state index contributed by atoms with van der Waals surface area (Å²) in [4.78, 5) is 4.65. The number of nitrogens with one attached hydrogen (secondary N) is 2. The summed E-state index contributed by atoms with van der Waals surface area (Å²) >= 11 is 0. The minimum atomic E-state index is 0.141. The molecular weight excluding hydrogens is 314 g/mol. The molecule has 1 aliphatic rings. The molecule has 0 spiro atoms. The Bertz CT molecular complexity index is 688. The van der Waals surface area contributed by atoms with Gasteiger partial charge in [-0.25, -0.2) is 4.99 Å². The first-order valence-electron chi connectivity index (χ1n) is 8.68. The van der Waals surface area contributed by atoms with E-state index in [1.165, 1.54) is 5.56 Å². The number of benzene rings is 2. The molecule has 0 saturated carbocycles. The van der Waals surface area contributed by atoms with Crippen LogP contribution in [-0.4, -0.2) is 32.3 Å². The van der Waals surface area contributed by atoms with Crippen molar-refractivity contribution in [3.05, 3.63) is 59.7 Å². The van der Waals surface area contributed by atoms with Crippen LogP contribution in [0, 0.1) is 0 Å². The molecule has 5 nitrogen and oxygen atoms in total. The van der Waals surface area contributed by atoms with E-state index in [0.717, 1.165) is 42.5 Å². The summed E-state index contributed by atoms with van der Waals surface area (Å²) in [6.45, 7) is 4.22. The third kappa shape index (κ3) is 4.66. The van der Waals surface area contributed by atoms with Gasteiger partial charge in [0.05, 0.1) is 20.2 Å². The van der Waals surface area contributed by atoms with Crippen LogP contribution in [0.5, 0.6) is 11.5 Å². The largest absolute Gasteiger partial charge is 0.497 e. The second-order valence-corrected chi connectivity index (χ2v) is 5.98. The van der Waals surface area contributed by atoms with Crippen molar-refractivity contribution in [1.29, 1.82) is 0 Å². The molecule has 1 heterocycles. The van der Waals surface area contributed by atoms with Gasteiger partial charge in [-0.1, -0.05) is 30.3 Å². The van der Waals surface area contributed by atoms with Crippen LogP contribution in [0.1, 0.15) is 18.1 Å². The van der Waals surface area contributed by atoms with Gasteiger partial charge in [-0.05, 0) is 36.2 Å². The molecule has 2 N–H and O–H groups in total. The minimum Gasteiger partial charge on any atom is -0.497 e. The number of nitrogens with zero attached hydrogens (tertiary/aromatic N) is 1. The first-order valence-corrected chi connectivity index (χ1v) is 8.68. The van der Waals surface area contributed by atoms with Gasteiger partial charge in [0.15, 0.2) is 5.96 Å². The van der Waals surface area contributed by atoms with E-state index < -0.39 is 0 Å². The maximum Gasteiger partial charge on any atom is 0.191 e. The molecule has 0 bridgehead atoms. The monoisotopic (exact) mass is 339 g/mol. The molecule has 0 fully saturated rings. The van der Waals surface area contributed by atoms with Crippen LogP contribution in [0.25, 0.3) is 0 Å². The fourth-order valence-electron chi connectivity index (χ4n) is 2.82. The molecule has 0 saturated heterocycles. The van der Waals surface area contributed by atoms with Crippen molar-refractivity contribution in [2.45, 2.75) is 26.0 Å². The van der Waals surface area contributed by atoms with Crippen molar-refractivity contribution < 1.29 is 9.47 Å². The predicted molar refractivity (Wildman–Crippen MR) is 100 cm³/mol. The maximum absolute atomic E-state index is 5.96. The number of hydrogen-bond acceptors (Lipinski definition) is 3. The molecule has 0 aromatic heterocycles. The molecule has 0 radical (unpaired) electrons. The highest BCUT2D eigenvalue weighted by Gasteiger charge is 2.22. The number of methoxy groups -OCH3 is 1. The Hall–Kier alpha value is -2.69. The van der Waals surface area contributed by atoms with Gasteiger partial charge in [0, 0.05) is 13.0 Å². The van der Waals surface area contributed by atoms with Crippen molar-refractivity contribution in [1.82, 2.24) is 10.6 Å². The fraction of sp³-hybridized carbons (Fsp3) is 0.350. The Kier molecular flexibility index (Phi) is 5.77. The second kappa shape index (κ2) is 8.42. The second-order valence-electron chi connectivity index (χ2n) is 5.98. The standard InChI is InChI=1S/C20H25N3O2/c1-3-21-20(22-13-15-8-10-17(24-2)11-9-15)23-14-18-12-16-6-4-5-7-19(16)25-18/h4-11,18H,3,12-14H2,1-2H3,(H2,21,22,23). The van der Waals surface area contributed by atoms with E-state index >= 15 is 0 Å². The summed E-state index contributed by atoms with van der Waals surface area (Å²) < 4.78 is 11.1. The Morgan fingerprint density at radius 3 is 2.68 bits per heavy atom. The van der Waals surface area contributed by atoms with Crippen molar-refractivity contribution in [3.8, 4) is 11.5 Å². The van der Waals surface area contributed by atoms with E-state index in [-0.39, 0.29) is 6.10 Å². The van der Waals surface area contributed by atoms with E-state index in [2.05, 4.69) is 34.7 Å². The lowest BCUT2D eigenvalue weighted by atomic mass is 10.1. The molecule has 2 aromatic carbocycles. The number of aliphatic imine (C=N–C) groups is 1. The molecule has 0 aliphatic carbocycles. The summed E-state index contributed by atoms with van der Waals surface area (Å²) in [7, 11) is 1.67. The maximum atomic E-state index is 5.96. The molecule has 132 valence electrons. The summed E-state index contributed by atoms with van der Waals surface area (Å²) in [5.74, 6) is 2.66. The smallest absolute Gasteiger partial charge is 0.191 e. The van der Waals surface area contributed by atoms with Crippen LogP contribution in [0.4, 0.5) is 0 Å². The SMILES string of the molecule is CCNC(=NCc1ccc(OC)cc1)NCC1Cc2ccccc2O1. The Labute approximate surface area is 149 Å². The van der Waals surface area contributed by atoms with E-state index in [9.17, 15) is 0 Å². The van der Waals surface area contributed by atoms with Gasteiger partial charge in [0.1, 0.15) is 17.6 Å². The summed E-state index contributed by atoms with van der Waals surface area (Å²) in [6, 6.07) is 16.2. The van der Waals surface area contributed by atoms with Crippen molar-refractivity contribution in [2.75, 3.05) is 20.2 Å². The van der Waals surface area contributed by atoms with Crippen LogP contribution in [0.3, 0.4) is 0 Å². The van der Waals surface area contributed by atoms with Crippen LogP contribution in [0.2, 0.25) is 0 Å². The zero-order chi connectivity index (χ0) is 17.5. The number of ether oxygens (including phenoxy) is 2. The van der Waals surface area contributed by atoms with Crippen molar-refractivity contribution in [2.24, 2.45) is 4.99 Å². The van der Waals surface area contributed by atoms with Gasteiger partial charge in [-0.3, -0.25) is 0 Å². The molecular formula is C20H25N3O2. The third-order valence-corrected chi connectivity index (χ3v) is 4.13. The van der Waals surface area contributed by atoms with Gasteiger partial charge >= 0.3 is 0 Å². The van der Waals surface area contributed by atoms with Gasteiger partial charge in [0.2, 0.25) is 0 Å².